The van der Waals surface area contributed by atoms with Crippen LogP contribution in [0.15, 0.2) is 59.3 Å². The Morgan fingerprint density at radius 2 is 1.93 bits per heavy atom. The molecule has 1 aromatic carbocycles. The molecule has 0 atom stereocenters. The second kappa shape index (κ2) is 7.11. The molecule has 0 aliphatic rings. The van der Waals surface area contributed by atoms with Crippen molar-refractivity contribution in [2.75, 3.05) is 5.32 Å². The van der Waals surface area contributed by atoms with Crippen LogP contribution in [0.1, 0.15) is 23.0 Å². The Bertz CT molecular complexity index is 1160. The number of furan rings is 1. The number of hydrogen-bond donors (Lipinski definition) is 1. The predicted octanol–water partition coefficient (Wildman–Crippen LogP) is 3.84. The fourth-order valence-corrected chi connectivity index (χ4v) is 3.15. The first-order valence-electron chi connectivity index (χ1n) is 8.80. The van der Waals surface area contributed by atoms with E-state index in [0.717, 1.165) is 22.4 Å². The van der Waals surface area contributed by atoms with E-state index in [0.29, 0.717) is 16.9 Å². The van der Waals surface area contributed by atoms with Gasteiger partial charge in [-0.3, -0.25) is 9.59 Å². The number of nitrogens with one attached hydrogen (secondary N) is 1. The maximum absolute atomic E-state index is 12.5. The van der Waals surface area contributed by atoms with Crippen molar-refractivity contribution in [3.63, 3.8) is 0 Å². The summed E-state index contributed by atoms with van der Waals surface area (Å²) in [5.74, 6) is 0.477. The van der Waals surface area contributed by atoms with Gasteiger partial charge in [-0.2, -0.15) is 5.10 Å². The lowest BCUT2D eigenvalue weighted by atomic mass is 10.1. The first-order chi connectivity index (χ1) is 13.5. The minimum Gasteiger partial charge on any atom is -0.464 e. The molecule has 140 valence electrons. The molecule has 0 saturated heterocycles. The van der Waals surface area contributed by atoms with Crippen molar-refractivity contribution in [2.45, 2.75) is 20.4 Å². The molecule has 0 radical (unpaired) electrons. The summed E-state index contributed by atoms with van der Waals surface area (Å²) in [6.07, 6.45) is 3.29. The number of carbonyl (C=O) groups is 2. The third-order valence-electron chi connectivity index (χ3n) is 4.46. The highest BCUT2D eigenvalue weighted by molar-refractivity contribution is 5.97. The van der Waals surface area contributed by atoms with E-state index < -0.39 is 0 Å². The summed E-state index contributed by atoms with van der Waals surface area (Å²) in [4.78, 5) is 28.2. The van der Waals surface area contributed by atoms with Crippen molar-refractivity contribution >= 4 is 28.4 Å². The van der Waals surface area contributed by atoms with E-state index in [4.69, 9.17) is 4.42 Å². The maximum atomic E-state index is 12.5. The maximum Gasteiger partial charge on any atom is 0.246 e. The summed E-state index contributed by atoms with van der Waals surface area (Å²) in [5, 5.41) is 8.16. The summed E-state index contributed by atoms with van der Waals surface area (Å²) in [6, 6.07) is 12.3. The van der Waals surface area contributed by atoms with Gasteiger partial charge in [-0.25, -0.2) is 9.67 Å². The molecule has 3 aromatic heterocycles. The van der Waals surface area contributed by atoms with Gasteiger partial charge in [0.2, 0.25) is 5.91 Å². The highest BCUT2D eigenvalue weighted by atomic mass is 16.3. The number of anilines is 1. The van der Waals surface area contributed by atoms with Crippen LogP contribution in [0.3, 0.4) is 0 Å². The molecule has 1 amide bonds. The van der Waals surface area contributed by atoms with Crippen molar-refractivity contribution in [3.8, 4) is 11.3 Å². The number of carbonyl (C=O) groups excluding carboxylic acids is 2. The molecule has 0 saturated carbocycles. The van der Waals surface area contributed by atoms with Crippen LogP contribution in [0.25, 0.3) is 22.4 Å². The molecule has 0 bridgehead atoms. The minimum atomic E-state index is -0.231. The number of aromatic nitrogens is 3. The number of pyridine rings is 1. The van der Waals surface area contributed by atoms with Crippen LogP contribution in [-0.2, 0) is 11.3 Å². The zero-order chi connectivity index (χ0) is 19.7. The van der Waals surface area contributed by atoms with Crippen molar-refractivity contribution in [1.82, 2.24) is 14.8 Å². The smallest absolute Gasteiger partial charge is 0.246 e. The zero-order valence-electron chi connectivity index (χ0n) is 15.5. The number of hydrogen-bond acceptors (Lipinski definition) is 5. The first-order valence-corrected chi connectivity index (χ1v) is 8.80. The molecule has 7 nitrogen and oxygen atoms in total. The average molecular weight is 374 g/mol. The van der Waals surface area contributed by atoms with Crippen LogP contribution < -0.4 is 5.32 Å². The molecule has 0 spiro atoms. The third-order valence-corrected chi connectivity index (χ3v) is 4.46. The summed E-state index contributed by atoms with van der Waals surface area (Å²) in [7, 11) is 0. The summed E-state index contributed by atoms with van der Waals surface area (Å²) < 4.78 is 7.09. The Morgan fingerprint density at radius 1 is 1.14 bits per heavy atom. The normalized spacial score (nSPS) is 10.9. The van der Waals surface area contributed by atoms with Gasteiger partial charge in [0.25, 0.3) is 0 Å². The van der Waals surface area contributed by atoms with E-state index in [1.807, 2.05) is 25.1 Å². The molecule has 4 aromatic rings. The van der Waals surface area contributed by atoms with Crippen molar-refractivity contribution in [2.24, 2.45) is 0 Å². The van der Waals surface area contributed by atoms with Crippen molar-refractivity contribution < 1.29 is 14.0 Å². The van der Waals surface area contributed by atoms with Crippen LogP contribution in [0.2, 0.25) is 0 Å². The Balaban J connectivity index is 1.59. The Hall–Kier alpha value is -3.74. The van der Waals surface area contributed by atoms with Gasteiger partial charge in [0.1, 0.15) is 12.3 Å². The largest absolute Gasteiger partial charge is 0.464 e. The number of fused-ring (bicyclic) bond motifs is 1. The molecule has 7 heteroatoms. The molecule has 0 unspecified atom stereocenters. The molecular formula is C21H18N4O3. The number of amides is 1. The molecule has 28 heavy (non-hydrogen) atoms. The Labute approximate surface area is 161 Å². The van der Waals surface area contributed by atoms with E-state index in [9.17, 15) is 9.59 Å². The fourth-order valence-electron chi connectivity index (χ4n) is 3.15. The van der Waals surface area contributed by atoms with Gasteiger partial charge in [-0.1, -0.05) is 0 Å². The molecule has 0 aliphatic heterocycles. The SMILES string of the molecule is CC(=O)c1ccc(NC(=O)Cn2nc(C)c3c(-c4ccco4)ccnc32)cc1. The zero-order valence-corrected chi connectivity index (χ0v) is 15.5. The number of ketones is 1. The van der Waals surface area contributed by atoms with Crippen molar-refractivity contribution in [3.05, 3.63) is 66.2 Å². The van der Waals surface area contributed by atoms with Crippen LogP contribution >= 0.6 is 0 Å². The standard InChI is InChI=1S/C21H18N4O3/c1-13-20-17(18-4-3-11-28-18)9-10-22-21(20)25(24-13)12-19(27)23-16-7-5-15(6-8-16)14(2)26/h3-11H,12H2,1-2H3,(H,23,27). The van der Waals surface area contributed by atoms with Gasteiger partial charge < -0.3 is 9.73 Å². The van der Waals surface area contributed by atoms with E-state index >= 15 is 0 Å². The number of rotatable bonds is 5. The lowest BCUT2D eigenvalue weighted by Gasteiger charge is -2.07. The van der Waals surface area contributed by atoms with Gasteiger partial charge in [0, 0.05) is 23.0 Å². The molecule has 4 rings (SSSR count). The van der Waals surface area contributed by atoms with E-state index in [2.05, 4.69) is 15.4 Å². The van der Waals surface area contributed by atoms with Gasteiger partial charge in [-0.15, -0.1) is 0 Å². The molecule has 1 N–H and O–H groups in total. The van der Waals surface area contributed by atoms with Gasteiger partial charge in [0.15, 0.2) is 11.4 Å². The van der Waals surface area contributed by atoms with Crippen molar-refractivity contribution in [1.29, 1.82) is 0 Å². The monoisotopic (exact) mass is 374 g/mol. The van der Waals surface area contributed by atoms with E-state index in [-0.39, 0.29) is 18.2 Å². The summed E-state index contributed by atoms with van der Waals surface area (Å²) in [6.45, 7) is 3.40. The molecule has 0 fully saturated rings. The first kappa shape index (κ1) is 17.7. The summed E-state index contributed by atoms with van der Waals surface area (Å²) in [5.41, 5.74) is 3.49. The number of aryl methyl sites for hydroxylation is 1. The third kappa shape index (κ3) is 3.29. The average Bonchev–Trinajstić information content (AvgIpc) is 3.31. The van der Waals surface area contributed by atoms with Gasteiger partial charge >= 0.3 is 0 Å². The highest BCUT2D eigenvalue weighted by Crippen LogP contribution is 2.30. The lowest BCUT2D eigenvalue weighted by molar-refractivity contribution is -0.116. The lowest BCUT2D eigenvalue weighted by Crippen LogP contribution is -2.19. The van der Waals surface area contributed by atoms with Crippen LogP contribution in [-0.4, -0.2) is 26.5 Å². The quantitative estimate of drug-likeness (QED) is 0.536. The molecule has 3 heterocycles. The topological polar surface area (TPSA) is 90.0 Å². The second-order valence-electron chi connectivity index (χ2n) is 6.46. The Kier molecular flexibility index (Phi) is 4.49. The highest BCUT2D eigenvalue weighted by Gasteiger charge is 2.17. The van der Waals surface area contributed by atoms with Crippen LogP contribution in [0.4, 0.5) is 5.69 Å². The van der Waals surface area contributed by atoms with E-state index in [1.54, 1.807) is 41.4 Å². The molecule has 0 aliphatic carbocycles. The number of nitrogens with zero attached hydrogens (tertiary/aromatic N) is 3. The van der Waals surface area contributed by atoms with E-state index in [1.165, 1.54) is 6.92 Å². The fraction of sp³-hybridized carbons (Fsp3) is 0.143. The van der Waals surface area contributed by atoms with Crippen LogP contribution in [0.5, 0.6) is 0 Å². The number of Topliss-reactive ketones (excluding diaryl/α,β-unsaturated/α-hetero) is 1. The minimum absolute atomic E-state index is 0.0187. The molecular weight excluding hydrogens is 356 g/mol. The van der Waals surface area contributed by atoms with Gasteiger partial charge in [0.05, 0.1) is 17.3 Å². The Morgan fingerprint density at radius 3 is 2.61 bits per heavy atom. The van der Waals surface area contributed by atoms with Gasteiger partial charge in [-0.05, 0) is 56.3 Å². The summed E-state index contributed by atoms with van der Waals surface area (Å²) >= 11 is 0. The predicted molar refractivity (Wildman–Crippen MR) is 105 cm³/mol. The van der Waals surface area contributed by atoms with Crippen LogP contribution in [0, 0.1) is 6.92 Å². The second-order valence-corrected chi connectivity index (χ2v) is 6.46. The number of benzene rings is 1.